The molecule has 0 rings (SSSR count). The molecule has 0 spiro atoms. The Kier molecular flexibility index (Phi) is 24.0. The molecule has 0 fully saturated rings. The second kappa shape index (κ2) is 19.5. The predicted octanol–water partition coefficient (Wildman–Crippen LogP) is 1.20. The van der Waals surface area contributed by atoms with Crippen LogP contribution < -0.4 is 0 Å². The Labute approximate surface area is 120 Å². The van der Waals surface area contributed by atoms with E-state index in [1.165, 1.54) is 0 Å². The van der Waals surface area contributed by atoms with Crippen molar-refractivity contribution < 1.29 is 32.4 Å². The van der Waals surface area contributed by atoms with E-state index in [-0.39, 0.29) is 5.97 Å². The maximum Gasteiger partial charge on any atom is 0.305 e. The van der Waals surface area contributed by atoms with Crippen LogP contribution in [0.15, 0.2) is 0 Å². The molecule has 7 nitrogen and oxygen atoms in total. The van der Waals surface area contributed by atoms with Gasteiger partial charge in [-0.2, -0.15) is 12.6 Å². The standard InChI is InChI=1S/C6H12O2S.C4H8O2.H2O3S/c1-2-3-6(7)8-4-5-9;1-2-3-4(5)6;1-4(2)3/h9H,2-5H2,1H3;2-3H2,1H3,(H,5,6);4H,(H,1,2,3). The fraction of sp³-hybridized carbons (Fsp3) is 0.800. The SMILES string of the molecule is CCCC(=O)O.CCCC(=O)OCCS.O=[SH](=O)O. The first-order valence-corrected chi connectivity index (χ1v) is 7.39. The molecule has 0 aliphatic rings. The fourth-order valence-corrected chi connectivity index (χ4v) is 0.741. The van der Waals surface area contributed by atoms with E-state index in [2.05, 4.69) is 12.6 Å². The van der Waals surface area contributed by atoms with Crippen molar-refractivity contribution in [3.63, 3.8) is 0 Å². The van der Waals surface area contributed by atoms with E-state index >= 15 is 0 Å². The number of esters is 1. The Balaban J connectivity index is -0.000000222. The van der Waals surface area contributed by atoms with Crippen LogP contribution in [-0.4, -0.2) is 42.4 Å². The van der Waals surface area contributed by atoms with Gasteiger partial charge in [0.05, 0.1) is 0 Å². The molecule has 0 aliphatic carbocycles. The van der Waals surface area contributed by atoms with Gasteiger partial charge >= 0.3 is 11.9 Å². The van der Waals surface area contributed by atoms with Gasteiger partial charge in [0.1, 0.15) is 6.61 Å². The average molecular weight is 318 g/mol. The molecule has 0 heterocycles. The van der Waals surface area contributed by atoms with Crippen LogP contribution in [0.3, 0.4) is 0 Å². The van der Waals surface area contributed by atoms with Gasteiger partial charge in [0, 0.05) is 18.6 Å². The predicted molar refractivity (Wildman–Crippen MR) is 75.2 cm³/mol. The van der Waals surface area contributed by atoms with Gasteiger partial charge in [0.15, 0.2) is 0 Å². The van der Waals surface area contributed by atoms with Gasteiger partial charge in [-0.25, -0.2) is 8.42 Å². The number of carbonyl (C=O) groups is 2. The van der Waals surface area contributed by atoms with Crippen molar-refractivity contribution in [3.05, 3.63) is 0 Å². The Morgan fingerprint density at radius 3 is 1.79 bits per heavy atom. The van der Waals surface area contributed by atoms with E-state index in [0.29, 0.717) is 25.2 Å². The molecule has 0 saturated carbocycles. The molecule has 0 aromatic heterocycles. The van der Waals surface area contributed by atoms with Crippen LogP contribution in [-0.2, 0) is 25.3 Å². The topological polar surface area (TPSA) is 118 Å². The highest BCUT2D eigenvalue weighted by Crippen LogP contribution is 1.90. The number of carbonyl (C=O) groups excluding carboxylic acids is 1. The summed E-state index contributed by atoms with van der Waals surface area (Å²) in [5.74, 6) is -0.223. The minimum Gasteiger partial charge on any atom is -0.481 e. The van der Waals surface area contributed by atoms with Crippen molar-refractivity contribution in [3.8, 4) is 0 Å². The summed E-state index contributed by atoms with van der Waals surface area (Å²) in [6, 6.07) is 0. The summed E-state index contributed by atoms with van der Waals surface area (Å²) in [6.45, 7) is 4.22. The summed E-state index contributed by atoms with van der Waals surface area (Å²) >= 11 is 3.89. The molecule has 0 aromatic rings. The molecule has 19 heavy (non-hydrogen) atoms. The largest absolute Gasteiger partial charge is 0.481 e. The summed E-state index contributed by atoms with van der Waals surface area (Å²) in [5, 5.41) is 7.91. The number of aliphatic carboxylic acids is 1. The van der Waals surface area contributed by atoms with E-state index in [9.17, 15) is 9.59 Å². The molecule has 0 saturated heterocycles. The summed E-state index contributed by atoms with van der Waals surface area (Å²) in [4.78, 5) is 20.1. The second-order valence-electron chi connectivity index (χ2n) is 3.08. The monoisotopic (exact) mass is 318 g/mol. The van der Waals surface area contributed by atoms with Crippen molar-refractivity contribution in [1.82, 2.24) is 0 Å². The van der Waals surface area contributed by atoms with Gasteiger partial charge in [-0.3, -0.25) is 14.1 Å². The third-order valence-electron chi connectivity index (χ3n) is 1.27. The van der Waals surface area contributed by atoms with E-state index in [1.807, 2.05) is 13.8 Å². The van der Waals surface area contributed by atoms with Crippen molar-refractivity contribution in [2.75, 3.05) is 12.4 Å². The molecule has 0 atom stereocenters. The second-order valence-corrected chi connectivity index (χ2v) is 4.00. The summed E-state index contributed by atoms with van der Waals surface area (Å²) in [6.07, 6.45) is 2.40. The lowest BCUT2D eigenvalue weighted by Crippen LogP contribution is -2.05. The molecule has 0 unspecified atom stereocenters. The third-order valence-corrected chi connectivity index (χ3v) is 1.45. The first-order valence-electron chi connectivity index (χ1n) is 5.63. The number of ether oxygens (including phenoxy) is 1. The zero-order valence-electron chi connectivity index (χ0n) is 11.1. The normalized spacial score (nSPS) is 8.68. The zero-order valence-corrected chi connectivity index (χ0v) is 12.9. The van der Waals surface area contributed by atoms with Gasteiger partial charge in [0.25, 0.3) is 11.0 Å². The minimum atomic E-state index is -3.12. The highest BCUT2D eigenvalue weighted by Gasteiger charge is 1.97. The smallest absolute Gasteiger partial charge is 0.305 e. The van der Waals surface area contributed by atoms with Crippen LogP contribution in [0.5, 0.6) is 0 Å². The lowest BCUT2D eigenvalue weighted by Gasteiger charge is -1.98. The molecule has 0 aromatic carbocycles. The number of hydrogen-bond donors (Lipinski definition) is 4. The molecular weight excluding hydrogens is 296 g/mol. The molecule has 2 N–H and O–H groups in total. The first-order chi connectivity index (χ1) is 8.81. The van der Waals surface area contributed by atoms with E-state index < -0.39 is 17.0 Å². The lowest BCUT2D eigenvalue weighted by atomic mass is 10.3. The maximum atomic E-state index is 10.5. The lowest BCUT2D eigenvalue weighted by molar-refractivity contribution is -0.143. The van der Waals surface area contributed by atoms with Crippen LogP contribution in [0.1, 0.15) is 39.5 Å². The van der Waals surface area contributed by atoms with Crippen LogP contribution in [0.4, 0.5) is 0 Å². The minimum absolute atomic E-state index is 0.119. The third kappa shape index (κ3) is 47.0. The van der Waals surface area contributed by atoms with Crippen LogP contribution in [0.2, 0.25) is 0 Å². The van der Waals surface area contributed by atoms with Gasteiger partial charge in [-0.15, -0.1) is 0 Å². The Bertz CT molecular complexity index is 282. The summed E-state index contributed by atoms with van der Waals surface area (Å²) < 4.78 is 28.9. The van der Waals surface area contributed by atoms with E-state index in [1.54, 1.807) is 0 Å². The van der Waals surface area contributed by atoms with Gasteiger partial charge in [-0.05, 0) is 12.8 Å². The van der Waals surface area contributed by atoms with Crippen LogP contribution in [0.25, 0.3) is 0 Å². The fourth-order valence-electron chi connectivity index (χ4n) is 0.650. The summed E-state index contributed by atoms with van der Waals surface area (Å²) in [7, 11) is -3.12. The molecule has 0 aliphatic heterocycles. The van der Waals surface area contributed by atoms with Gasteiger partial charge in [0.2, 0.25) is 0 Å². The van der Waals surface area contributed by atoms with Crippen LogP contribution >= 0.6 is 12.6 Å². The number of rotatable bonds is 6. The van der Waals surface area contributed by atoms with Gasteiger partial charge < -0.3 is 9.84 Å². The van der Waals surface area contributed by atoms with Crippen molar-refractivity contribution in [2.45, 2.75) is 39.5 Å². The average Bonchev–Trinajstić information content (AvgIpc) is 2.26. The van der Waals surface area contributed by atoms with Gasteiger partial charge in [-0.1, -0.05) is 13.8 Å². The zero-order chi connectivity index (χ0) is 15.7. The van der Waals surface area contributed by atoms with Crippen molar-refractivity contribution in [1.29, 1.82) is 0 Å². The molecule has 0 radical (unpaired) electrons. The number of hydrogen-bond acceptors (Lipinski definition) is 6. The Morgan fingerprint density at radius 1 is 1.16 bits per heavy atom. The quantitative estimate of drug-likeness (QED) is 0.330. The molecule has 0 bridgehead atoms. The molecule has 116 valence electrons. The number of carboxylic acids is 1. The first kappa shape index (κ1) is 23.3. The van der Waals surface area contributed by atoms with Crippen molar-refractivity contribution in [2.24, 2.45) is 0 Å². The maximum absolute atomic E-state index is 10.5. The van der Waals surface area contributed by atoms with Crippen LogP contribution in [0, 0.1) is 0 Å². The van der Waals surface area contributed by atoms with Crippen molar-refractivity contribution >= 4 is 35.6 Å². The molecule has 0 amide bonds. The highest BCUT2D eigenvalue weighted by atomic mass is 32.2. The summed E-state index contributed by atoms with van der Waals surface area (Å²) in [5.41, 5.74) is 0. The molecular formula is C10H22O7S2. The number of carboxylic acid groups (broad SMARTS) is 1. The number of thiol groups is 2. The Hall–Kier alpha value is -0.800. The highest BCUT2D eigenvalue weighted by molar-refractivity contribution is 7.80. The van der Waals surface area contributed by atoms with E-state index in [0.717, 1.165) is 12.8 Å². The molecule has 9 heteroatoms. The Morgan fingerprint density at radius 2 is 1.58 bits per heavy atom. The van der Waals surface area contributed by atoms with E-state index in [4.69, 9.17) is 22.8 Å².